The van der Waals surface area contributed by atoms with Crippen LogP contribution in [0.15, 0.2) is 22.7 Å². The van der Waals surface area contributed by atoms with E-state index in [-0.39, 0.29) is 18.3 Å². The van der Waals surface area contributed by atoms with Gasteiger partial charge in [0, 0.05) is 24.0 Å². The lowest BCUT2D eigenvalue weighted by Crippen LogP contribution is -2.30. The van der Waals surface area contributed by atoms with E-state index in [1.54, 1.807) is 12.0 Å². The largest absolute Gasteiger partial charge is 0.496 e. The van der Waals surface area contributed by atoms with E-state index >= 15 is 0 Å². The van der Waals surface area contributed by atoms with Gasteiger partial charge >= 0.3 is 5.97 Å². The summed E-state index contributed by atoms with van der Waals surface area (Å²) in [6.45, 7) is 0.856. The minimum Gasteiger partial charge on any atom is -0.496 e. The van der Waals surface area contributed by atoms with Gasteiger partial charge in [-0.15, -0.1) is 12.4 Å². The number of aryl methyl sites for hydroxylation is 1. The second-order valence-electron chi connectivity index (χ2n) is 5.12. The fourth-order valence-corrected chi connectivity index (χ4v) is 2.94. The number of hydrogen-bond acceptors (Lipinski definition) is 3. The van der Waals surface area contributed by atoms with Crippen LogP contribution in [0.5, 0.6) is 5.75 Å². The molecule has 0 bridgehead atoms. The van der Waals surface area contributed by atoms with Gasteiger partial charge in [0.25, 0.3) is 0 Å². The molecule has 1 fully saturated rings. The van der Waals surface area contributed by atoms with E-state index in [0.717, 1.165) is 15.8 Å². The zero-order chi connectivity index (χ0) is 15.4. The van der Waals surface area contributed by atoms with Crippen LogP contribution in [0.1, 0.15) is 18.4 Å². The molecule has 1 N–H and O–H groups in total. The Hall–Kier alpha value is -1.27. The van der Waals surface area contributed by atoms with Gasteiger partial charge in [-0.2, -0.15) is 0 Å². The Kier molecular flexibility index (Phi) is 7.16. The monoisotopic (exact) mass is 391 g/mol. The number of carbonyl (C=O) groups excluding carboxylic acids is 1. The van der Waals surface area contributed by atoms with Crippen molar-refractivity contribution < 1.29 is 19.4 Å². The number of amides is 1. The van der Waals surface area contributed by atoms with Crippen molar-refractivity contribution >= 4 is 40.2 Å². The lowest BCUT2D eigenvalue weighted by molar-refractivity contribution is -0.141. The van der Waals surface area contributed by atoms with Gasteiger partial charge in [0.05, 0.1) is 13.0 Å². The first-order chi connectivity index (χ1) is 10.0. The van der Waals surface area contributed by atoms with Crippen LogP contribution in [0.4, 0.5) is 0 Å². The second kappa shape index (κ2) is 8.39. The molecular weight excluding hydrogens is 374 g/mol. The van der Waals surface area contributed by atoms with E-state index in [0.29, 0.717) is 32.4 Å². The molecular formula is C15H19BrClNO4. The summed E-state index contributed by atoms with van der Waals surface area (Å²) in [4.78, 5) is 24.7. The summed E-state index contributed by atoms with van der Waals surface area (Å²) in [6, 6.07) is 5.69. The number of nitrogens with zero attached hydrogens (tertiary/aromatic N) is 1. The van der Waals surface area contributed by atoms with Crippen molar-refractivity contribution in [1.82, 2.24) is 4.90 Å². The highest BCUT2D eigenvalue weighted by molar-refractivity contribution is 9.10. The standard InChI is InChI=1S/C15H18BrNO4.ClH/c1-21-13-4-3-12(16)8-10(13)2-5-14(18)17-7-6-11(9-17)15(19)20;/h3-4,8,11H,2,5-7,9H2,1H3,(H,19,20);1H. The van der Waals surface area contributed by atoms with Crippen molar-refractivity contribution in [3.63, 3.8) is 0 Å². The van der Waals surface area contributed by atoms with Crippen LogP contribution in [0, 0.1) is 5.92 Å². The maximum atomic E-state index is 12.2. The predicted octanol–water partition coefficient (Wildman–Crippen LogP) is 2.75. The van der Waals surface area contributed by atoms with Gasteiger partial charge in [-0.25, -0.2) is 0 Å². The van der Waals surface area contributed by atoms with Gasteiger partial charge in [-0.1, -0.05) is 15.9 Å². The Bertz CT molecular complexity index is 552. The average Bonchev–Trinajstić information content (AvgIpc) is 2.95. The minimum atomic E-state index is -0.820. The summed E-state index contributed by atoms with van der Waals surface area (Å²) in [6.07, 6.45) is 1.48. The molecule has 5 nitrogen and oxygen atoms in total. The second-order valence-corrected chi connectivity index (χ2v) is 6.04. The van der Waals surface area contributed by atoms with Crippen LogP contribution in [0.25, 0.3) is 0 Å². The third-order valence-corrected chi connectivity index (χ3v) is 4.23. The van der Waals surface area contributed by atoms with E-state index in [4.69, 9.17) is 9.84 Å². The summed E-state index contributed by atoms with van der Waals surface area (Å²) in [5, 5.41) is 8.96. The molecule has 22 heavy (non-hydrogen) atoms. The third-order valence-electron chi connectivity index (χ3n) is 3.74. The maximum absolute atomic E-state index is 12.2. The number of carboxylic acids is 1. The van der Waals surface area contributed by atoms with Gasteiger partial charge in [0.15, 0.2) is 0 Å². The van der Waals surface area contributed by atoms with Crippen LogP contribution >= 0.6 is 28.3 Å². The molecule has 1 aromatic rings. The first-order valence-electron chi connectivity index (χ1n) is 6.84. The Morgan fingerprint density at radius 3 is 2.77 bits per heavy atom. The Labute approximate surface area is 144 Å². The number of aliphatic carboxylic acids is 1. The van der Waals surface area contributed by atoms with Gasteiger partial charge in [0.2, 0.25) is 5.91 Å². The highest BCUT2D eigenvalue weighted by atomic mass is 79.9. The van der Waals surface area contributed by atoms with Gasteiger partial charge in [0.1, 0.15) is 5.75 Å². The highest BCUT2D eigenvalue weighted by Crippen LogP contribution is 2.25. The summed E-state index contributed by atoms with van der Waals surface area (Å²) in [7, 11) is 1.60. The number of likely N-dealkylation sites (tertiary alicyclic amines) is 1. The fraction of sp³-hybridized carbons (Fsp3) is 0.467. The first kappa shape index (κ1) is 18.8. The SMILES string of the molecule is COc1ccc(Br)cc1CCC(=O)N1CCC(C(=O)O)C1.Cl. The third kappa shape index (κ3) is 4.61. The molecule has 1 saturated heterocycles. The average molecular weight is 393 g/mol. The van der Waals surface area contributed by atoms with Crippen molar-refractivity contribution in [2.24, 2.45) is 5.92 Å². The van der Waals surface area contributed by atoms with Gasteiger partial charge in [-0.3, -0.25) is 9.59 Å². The van der Waals surface area contributed by atoms with Crippen molar-refractivity contribution in [3.8, 4) is 5.75 Å². The van der Waals surface area contributed by atoms with Crippen LogP contribution in [0.3, 0.4) is 0 Å². The van der Waals surface area contributed by atoms with Gasteiger partial charge < -0.3 is 14.7 Å². The lowest BCUT2D eigenvalue weighted by Gasteiger charge is -2.16. The normalized spacial score (nSPS) is 17.0. The molecule has 2 rings (SSSR count). The summed E-state index contributed by atoms with van der Waals surface area (Å²) >= 11 is 3.41. The Morgan fingerprint density at radius 1 is 1.45 bits per heavy atom. The van der Waals surface area contributed by atoms with Crippen LogP contribution in [0.2, 0.25) is 0 Å². The molecule has 122 valence electrons. The number of carbonyl (C=O) groups is 2. The van der Waals surface area contributed by atoms with Crippen molar-refractivity contribution in [2.45, 2.75) is 19.3 Å². The van der Waals surface area contributed by atoms with E-state index in [9.17, 15) is 9.59 Å². The number of ether oxygens (including phenoxy) is 1. The summed E-state index contributed by atoms with van der Waals surface area (Å²) < 4.78 is 6.23. The maximum Gasteiger partial charge on any atom is 0.308 e. The summed E-state index contributed by atoms with van der Waals surface area (Å²) in [5.41, 5.74) is 0.967. The van der Waals surface area contributed by atoms with Crippen molar-refractivity contribution in [2.75, 3.05) is 20.2 Å². The van der Waals surface area contributed by atoms with Crippen LogP contribution in [-0.4, -0.2) is 42.1 Å². The smallest absolute Gasteiger partial charge is 0.308 e. The number of hydrogen-bond donors (Lipinski definition) is 1. The molecule has 1 heterocycles. The van der Waals surface area contributed by atoms with E-state index in [1.807, 2.05) is 18.2 Å². The van der Waals surface area contributed by atoms with E-state index in [1.165, 1.54) is 0 Å². The lowest BCUT2D eigenvalue weighted by atomic mass is 10.1. The zero-order valence-corrected chi connectivity index (χ0v) is 14.7. The fourth-order valence-electron chi connectivity index (χ4n) is 2.53. The molecule has 0 saturated carbocycles. The molecule has 1 amide bonds. The Morgan fingerprint density at radius 2 is 2.18 bits per heavy atom. The quantitative estimate of drug-likeness (QED) is 0.837. The molecule has 0 aromatic heterocycles. The van der Waals surface area contributed by atoms with E-state index < -0.39 is 11.9 Å². The molecule has 0 radical (unpaired) electrons. The number of rotatable bonds is 5. The first-order valence-corrected chi connectivity index (χ1v) is 7.63. The highest BCUT2D eigenvalue weighted by Gasteiger charge is 2.30. The molecule has 1 unspecified atom stereocenters. The van der Waals surface area contributed by atoms with Crippen molar-refractivity contribution in [3.05, 3.63) is 28.2 Å². The zero-order valence-electron chi connectivity index (χ0n) is 12.3. The van der Waals surface area contributed by atoms with Crippen molar-refractivity contribution in [1.29, 1.82) is 0 Å². The number of halogens is 2. The Balaban J connectivity index is 0.00000242. The molecule has 0 aliphatic carbocycles. The number of methoxy groups -OCH3 is 1. The molecule has 1 aromatic carbocycles. The minimum absolute atomic E-state index is 0. The molecule has 1 atom stereocenters. The molecule has 1 aliphatic heterocycles. The number of benzene rings is 1. The summed E-state index contributed by atoms with van der Waals surface area (Å²) in [5.74, 6) is -0.482. The molecule has 7 heteroatoms. The topological polar surface area (TPSA) is 66.8 Å². The van der Waals surface area contributed by atoms with Gasteiger partial charge in [-0.05, 0) is 36.6 Å². The van der Waals surface area contributed by atoms with Crippen LogP contribution < -0.4 is 4.74 Å². The van der Waals surface area contributed by atoms with E-state index in [2.05, 4.69) is 15.9 Å². The van der Waals surface area contributed by atoms with Crippen LogP contribution in [-0.2, 0) is 16.0 Å². The predicted molar refractivity (Wildman–Crippen MR) is 88.6 cm³/mol. The molecule has 0 spiro atoms. The number of carboxylic acid groups (broad SMARTS) is 1. The molecule has 1 aliphatic rings.